The lowest BCUT2D eigenvalue weighted by Crippen LogP contribution is -2.22. The van der Waals surface area contributed by atoms with Crippen molar-refractivity contribution < 1.29 is 14.3 Å². The summed E-state index contributed by atoms with van der Waals surface area (Å²) in [5.74, 6) is -0.533. The molecular formula is C13H18BrNO3S. The number of carbonyl (C=O) groups excluding carboxylic acids is 2. The summed E-state index contributed by atoms with van der Waals surface area (Å²) in [4.78, 5) is 24.5. The molecule has 1 rings (SSSR count). The van der Waals surface area contributed by atoms with Crippen molar-refractivity contribution >= 4 is 44.1 Å². The number of halogens is 1. The van der Waals surface area contributed by atoms with E-state index in [0.717, 1.165) is 11.3 Å². The van der Waals surface area contributed by atoms with Gasteiger partial charge in [0.25, 0.3) is 0 Å². The van der Waals surface area contributed by atoms with Gasteiger partial charge in [0, 0.05) is 4.88 Å². The van der Waals surface area contributed by atoms with Crippen LogP contribution in [0.3, 0.4) is 0 Å². The van der Waals surface area contributed by atoms with Gasteiger partial charge in [0.1, 0.15) is 5.00 Å². The van der Waals surface area contributed by atoms with Gasteiger partial charge in [-0.25, -0.2) is 4.79 Å². The first kappa shape index (κ1) is 16.2. The predicted octanol–water partition coefficient (Wildman–Crippen LogP) is 3.60. The quantitative estimate of drug-likeness (QED) is 0.631. The fraction of sp³-hybridized carbons (Fsp3) is 0.538. The lowest BCUT2D eigenvalue weighted by atomic mass is 10.2. The van der Waals surface area contributed by atoms with Crippen LogP contribution in [0.2, 0.25) is 0 Å². The number of nitrogens with one attached hydrogen (secondary N) is 1. The molecule has 1 heterocycles. The van der Waals surface area contributed by atoms with Crippen molar-refractivity contribution in [1.82, 2.24) is 0 Å². The van der Waals surface area contributed by atoms with E-state index in [2.05, 4.69) is 21.2 Å². The van der Waals surface area contributed by atoms with Crippen molar-refractivity contribution in [3.8, 4) is 0 Å². The van der Waals surface area contributed by atoms with Crippen molar-refractivity contribution in [2.75, 3.05) is 11.9 Å². The van der Waals surface area contributed by atoms with Crippen LogP contribution in [-0.4, -0.2) is 23.3 Å². The average Bonchev–Trinajstić information content (AvgIpc) is 2.81. The summed E-state index contributed by atoms with van der Waals surface area (Å²) in [6, 6.07) is 1.79. The van der Waals surface area contributed by atoms with Crippen LogP contribution < -0.4 is 5.32 Å². The van der Waals surface area contributed by atoms with Gasteiger partial charge in [0.15, 0.2) is 0 Å². The molecule has 0 aliphatic heterocycles. The lowest BCUT2D eigenvalue weighted by molar-refractivity contribution is -0.115. The number of alkyl halides is 1. The van der Waals surface area contributed by atoms with Gasteiger partial charge in [-0.15, -0.1) is 11.3 Å². The second-order valence-corrected chi connectivity index (χ2v) is 6.14. The van der Waals surface area contributed by atoms with E-state index in [1.54, 1.807) is 13.0 Å². The number of amides is 1. The molecule has 106 valence electrons. The Morgan fingerprint density at radius 2 is 2.11 bits per heavy atom. The molecule has 0 aliphatic rings. The third-order valence-corrected chi connectivity index (χ3v) is 4.76. The van der Waals surface area contributed by atoms with Crippen molar-refractivity contribution in [3.63, 3.8) is 0 Å². The Morgan fingerprint density at radius 3 is 2.63 bits per heavy atom. The van der Waals surface area contributed by atoms with E-state index in [1.165, 1.54) is 11.3 Å². The Bertz CT molecular complexity index is 459. The largest absolute Gasteiger partial charge is 0.462 e. The third-order valence-electron chi connectivity index (χ3n) is 2.51. The van der Waals surface area contributed by atoms with Crippen molar-refractivity contribution in [3.05, 3.63) is 16.5 Å². The number of rotatable bonds is 6. The molecule has 0 aromatic carbocycles. The van der Waals surface area contributed by atoms with Crippen molar-refractivity contribution in [2.45, 2.75) is 38.4 Å². The van der Waals surface area contributed by atoms with Crippen molar-refractivity contribution in [2.24, 2.45) is 0 Å². The maximum absolute atomic E-state index is 11.9. The van der Waals surface area contributed by atoms with E-state index in [1.807, 2.05) is 13.8 Å². The molecule has 6 heteroatoms. The zero-order valence-electron chi connectivity index (χ0n) is 11.3. The number of esters is 1. The van der Waals surface area contributed by atoms with Gasteiger partial charge in [-0.2, -0.15) is 0 Å². The Kier molecular flexibility index (Phi) is 6.51. The summed E-state index contributed by atoms with van der Waals surface area (Å²) in [5, 5.41) is 3.35. The highest BCUT2D eigenvalue weighted by Gasteiger charge is 2.20. The molecule has 0 fully saturated rings. The van der Waals surface area contributed by atoms with Crippen LogP contribution in [0.1, 0.15) is 42.4 Å². The first-order chi connectivity index (χ1) is 9.03. The number of aryl methyl sites for hydroxylation is 1. The number of thiophene rings is 1. The summed E-state index contributed by atoms with van der Waals surface area (Å²) in [6.07, 6.45) is 1.51. The third kappa shape index (κ3) is 4.31. The second kappa shape index (κ2) is 7.65. The molecular weight excluding hydrogens is 330 g/mol. The summed E-state index contributed by atoms with van der Waals surface area (Å²) in [7, 11) is 0. The van der Waals surface area contributed by atoms with E-state index in [9.17, 15) is 9.59 Å². The fourth-order valence-corrected chi connectivity index (χ4v) is 2.55. The minimum absolute atomic E-state index is 0.141. The zero-order chi connectivity index (χ0) is 14.4. The SMILES string of the molecule is CCOC(=O)c1cc(CC)sc1NC(=O)C(Br)CC. The molecule has 1 N–H and O–H groups in total. The van der Waals surface area contributed by atoms with Crippen molar-refractivity contribution in [1.29, 1.82) is 0 Å². The molecule has 0 aliphatic carbocycles. The standard InChI is InChI=1S/C13H18BrNO3S/c1-4-8-7-9(13(17)18-6-3)12(19-8)15-11(16)10(14)5-2/h7,10H,4-6H2,1-3H3,(H,15,16). The summed E-state index contributed by atoms with van der Waals surface area (Å²) < 4.78 is 5.00. The average molecular weight is 348 g/mol. The van der Waals surface area contributed by atoms with E-state index < -0.39 is 5.97 Å². The van der Waals surface area contributed by atoms with Gasteiger partial charge in [-0.1, -0.05) is 29.8 Å². The topological polar surface area (TPSA) is 55.4 Å². The molecule has 1 amide bonds. The van der Waals surface area contributed by atoms with Crippen LogP contribution in [0, 0.1) is 0 Å². The summed E-state index contributed by atoms with van der Waals surface area (Å²) in [5.41, 5.74) is 0.438. The Morgan fingerprint density at radius 1 is 1.42 bits per heavy atom. The van der Waals surface area contributed by atoms with Crippen LogP contribution in [0.4, 0.5) is 5.00 Å². The van der Waals surface area contributed by atoms with Gasteiger partial charge >= 0.3 is 5.97 Å². The Balaban J connectivity index is 2.95. The minimum atomic E-state index is -0.392. The number of carbonyl (C=O) groups is 2. The smallest absolute Gasteiger partial charge is 0.341 e. The first-order valence-corrected chi connectivity index (χ1v) is 8.01. The van der Waals surface area contributed by atoms with Crippen LogP contribution >= 0.6 is 27.3 Å². The molecule has 1 atom stereocenters. The number of hydrogen-bond acceptors (Lipinski definition) is 4. The monoisotopic (exact) mass is 347 g/mol. The number of ether oxygens (including phenoxy) is 1. The lowest BCUT2D eigenvalue weighted by Gasteiger charge is -2.08. The molecule has 0 radical (unpaired) electrons. The summed E-state index contributed by atoms with van der Waals surface area (Å²) in [6.45, 7) is 6.00. The molecule has 0 saturated heterocycles. The second-order valence-electron chi connectivity index (χ2n) is 3.89. The molecule has 0 bridgehead atoms. The molecule has 1 aromatic rings. The van der Waals surface area contributed by atoms with Gasteiger partial charge in [-0.3, -0.25) is 4.79 Å². The molecule has 19 heavy (non-hydrogen) atoms. The first-order valence-electron chi connectivity index (χ1n) is 6.28. The highest BCUT2D eigenvalue weighted by molar-refractivity contribution is 9.10. The van der Waals surface area contributed by atoms with E-state index in [0.29, 0.717) is 23.6 Å². The van der Waals surface area contributed by atoms with Crippen LogP contribution in [0.5, 0.6) is 0 Å². The summed E-state index contributed by atoms with van der Waals surface area (Å²) >= 11 is 4.71. The Hall–Kier alpha value is -0.880. The normalized spacial score (nSPS) is 12.0. The number of hydrogen-bond donors (Lipinski definition) is 1. The van der Waals surface area contributed by atoms with Gasteiger partial charge < -0.3 is 10.1 Å². The predicted molar refractivity (Wildman–Crippen MR) is 81.3 cm³/mol. The van der Waals surface area contributed by atoms with Gasteiger partial charge in [-0.05, 0) is 25.8 Å². The van der Waals surface area contributed by atoms with Crippen LogP contribution in [0.25, 0.3) is 0 Å². The van der Waals surface area contributed by atoms with Gasteiger partial charge in [0.05, 0.1) is 17.0 Å². The molecule has 1 aromatic heterocycles. The number of anilines is 1. The zero-order valence-corrected chi connectivity index (χ0v) is 13.7. The minimum Gasteiger partial charge on any atom is -0.462 e. The van der Waals surface area contributed by atoms with Crippen LogP contribution in [0.15, 0.2) is 6.07 Å². The molecule has 0 spiro atoms. The van der Waals surface area contributed by atoms with E-state index in [4.69, 9.17) is 4.74 Å². The van der Waals surface area contributed by atoms with Crippen LogP contribution in [-0.2, 0) is 16.0 Å². The van der Waals surface area contributed by atoms with E-state index >= 15 is 0 Å². The molecule has 0 saturated carbocycles. The highest BCUT2D eigenvalue weighted by Crippen LogP contribution is 2.29. The maximum Gasteiger partial charge on any atom is 0.341 e. The molecule has 1 unspecified atom stereocenters. The highest BCUT2D eigenvalue weighted by atomic mass is 79.9. The Labute approximate surface area is 125 Å². The fourth-order valence-electron chi connectivity index (χ4n) is 1.45. The molecule has 4 nitrogen and oxygen atoms in total. The van der Waals surface area contributed by atoms with E-state index in [-0.39, 0.29) is 10.7 Å². The van der Waals surface area contributed by atoms with Gasteiger partial charge in [0.2, 0.25) is 5.91 Å². The maximum atomic E-state index is 11.9.